The van der Waals surface area contributed by atoms with Crippen LogP contribution in [0, 0.1) is 0 Å². The van der Waals surface area contributed by atoms with Gasteiger partial charge in [-0.25, -0.2) is 8.42 Å². The molecule has 2 aliphatic rings. The second-order valence-corrected chi connectivity index (χ2v) is 7.77. The summed E-state index contributed by atoms with van der Waals surface area (Å²) in [6, 6.07) is 6.58. The van der Waals surface area contributed by atoms with Gasteiger partial charge in [-0.2, -0.15) is 0 Å². The summed E-state index contributed by atoms with van der Waals surface area (Å²) in [5, 5.41) is 0. The van der Waals surface area contributed by atoms with Crippen molar-refractivity contribution in [3.8, 4) is 0 Å². The highest BCUT2D eigenvalue weighted by molar-refractivity contribution is 7.91. The van der Waals surface area contributed by atoms with E-state index < -0.39 is 9.84 Å². The van der Waals surface area contributed by atoms with Gasteiger partial charge in [-0.15, -0.1) is 0 Å². The van der Waals surface area contributed by atoms with Crippen LogP contribution in [0.15, 0.2) is 24.3 Å². The SMILES string of the molecule is CN(CN1C(=O)c2ccccc2C1=O)C1CCS(=O)(=O)C1. The zero-order chi connectivity index (χ0) is 15.2. The molecule has 0 spiro atoms. The van der Waals surface area contributed by atoms with Crippen molar-refractivity contribution in [2.24, 2.45) is 0 Å². The fraction of sp³-hybridized carbons (Fsp3) is 0.429. The van der Waals surface area contributed by atoms with Gasteiger partial charge in [-0.3, -0.25) is 19.4 Å². The van der Waals surface area contributed by atoms with Crippen molar-refractivity contribution in [3.63, 3.8) is 0 Å². The number of rotatable bonds is 3. The number of sulfone groups is 1. The second-order valence-electron chi connectivity index (χ2n) is 5.54. The molecule has 0 aromatic heterocycles. The predicted octanol–water partition coefficient (Wildman–Crippen LogP) is 0.359. The number of nitrogens with zero attached hydrogens (tertiary/aromatic N) is 2. The third-order valence-corrected chi connectivity index (χ3v) is 5.82. The van der Waals surface area contributed by atoms with Crippen LogP contribution in [0.1, 0.15) is 27.1 Å². The van der Waals surface area contributed by atoms with Crippen molar-refractivity contribution < 1.29 is 18.0 Å². The molecule has 3 rings (SSSR count). The summed E-state index contributed by atoms with van der Waals surface area (Å²) in [7, 11) is -1.24. The number of benzene rings is 1. The first-order valence-electron chi connectivity index (χ1n) is 6.75. The third kappa shape index (κ3) is 2.47. The molecule has 0 saturated carbocycles. The molecule has 0 bridgehead atoms. The Balaban J connectivity index is 1.75. The van der Waals surface area contributed by atoms with Crippen molar-refractivity contribution in [3.05, 3.63) is 35.4 Å². The van der Waals surface area contributed by atoms with Crippen molar-refractivity contribution >= 4 is 21.7 Å². The molecule has 1 atom stereocenters. The molecule has 0 aliphatic carbocycles. The molecule has 1 saturated heterocycles. The van der Waals surface area contributed by atoms with Gasteiger partial charge in [0.25, 0.3) is 11.8 Å². The molecule has 21 heavy (non-hydrogen) atoms. The normalized spacial score (nSPS) is 23.9. The molecule has 0 radical (unpaired) electrons. The first-order valence-corrected chi connectivity index (χ1v) is 8.57. The van der Waals surface area contributed by atoms with Crippen molar-refractivity contribution in [1.29, 1.82) is 0 Å². The van der Waals surface area contributed by atoms with Crippen molar-refractivity contribution in [1.82, 2.24) is 9.80 Å². The fourth-order valence-corrected chi connectivity index (χ4v) is 4.63. The highest BCUT2D eigenvalue weighted by Crippen LogP contribution is 2.24. The van der Waals surface area contributed by atoms with E-state index in [-0.39, 0.29) is 36.0 Å². The smallest absolute Gasteiger partial charge is 0.262 e. The van der Waals surface area contributed by atoms with Gasteiger partial charge in [0, 0.05) is 6.04 Å². The maximum atomic E-state index is 12.2. The Morgan fingerprint density at radius 3 is 2.24 bits per heavy atom. The Kier molecular flexibility index (Phi) is 3.33. The van der Waals surface area contributed by atoms with Gasteiger partial charge >= 0.3 is 0 Å². The number of carbonyl (C=O) groups excluding carboxylic acids is 2. The van der Waals surface area contributed by atoms with Crippen LogP contribution in [-0.2, 0) is 9.84 Å². The minimum Gasteiger partial charge on any atom is -0.285 e. The topological polar surface area (TPSA) is 74.8 Å². The lowest BCUT2D eigenvalue weighted by Gasteiger charge is -2.27. The molecular weight excluding hydrogens is 292 g/mol. The standard InChI is InChI=1S/C14H16N2O4S/c1-15(10-6-7-21(19,20)8-10)9-16-13(17)11-4-2-3-5-12(11)14(16)18/h2-5,10H,6-9H2,1H3. The van der Waals surface area contributed by atoms with E-state index in [4.69, 9.17) is 0 Å². The number of carbonyl (C=O) groups is 2. The minimum atomic E-state index is -2.98. The average Bonchev–Trinajstić information content (AvgIpc) is 2.93. The summed E-state index contributed by atoms with van der Waals surface area (Å²) >= 11 is 0. The molecule has 0 N–H and O–H groups in total. The summed E-state index contributed by atoms with van der Waals surface area (Å²) < 4.78 is 23.0. The average molecular weight is 308 g/mol. The van der Waals surface area contributed by atoms with Crippen LogP contribution >= 0.6 is 0 Å². The minimum absolute atomic E-state index is 0.0899. The summed E-state index contributed by atoms with van der Waals surface area (Å²) in [5.41, 5.74) is 0.824. The first kappa shape index (κ1) is 14.2. The summed E-state index contributed by atoms with van der Waals surface area (Å²) in [6.45, 7) is 0.118. The van der Waals surface area contributed by atoms with Crippen LogP contribution in [0.5, 0.6) is 0 Å². The Morgan fingerprint density at radius 2 is 1.76 bits per heavy atom. The maximum Gasteiger partial charge on any atom is 0.262 e. The predicted molar refractivity (Wildman–Crippen MR) is 76.6 cm³/mol. The molecule has 1 fully saturated rings. The second kappa shape index (κ2) is 4.92. The number of fused-ring (bicyclic) bond motifs is 1. The Bertz CT molecular complexity index is 678. The van der Waals surface area contributed by atoms with E-state index in [9.17, 15) is 18.0 Å². The Labute approximate surface area is 123 Å². The number of hydrogen-bond donors (Lipinski definition) is 0. The molecule has 7 heteroatoms. The van der Waals surface area contributed by atoms with Crippen LogP contribution in [0.2, 0.25) is 0 Å². The van der Waals surface area contributed by atoms with Gasteiger partial charge < -0.3 is 0 Å². The highest BCUT2D eigenvalue weighted by Gasteiger charge is 2.38. The first-order chi connectivity index (χ1) is 9.89. The number of imide groups is 1. The van der Waals surface area contributed by atoms with E-state index in [1.165, 1.54) is 4.90 Å². The molecular formula is C14H16N2O4S. The van der Waals surface area contributed by atoms with Crippen LogP contribution in [-0.4, -0.2) is 61.3 Å². The molecule has 1 unspecified atom stereocenters. The molecule has 2 heterocycles. The lowest BCUT2D eigenvalue weighted by molar-refractivity contribution is 0.0535. The van der Waals surface area contributed by atoms with Gasteiger partial charge in [0.05, 0.1) is 29.3 Å². The van der Waals surface area contributed by atoms with Gasteiger partial charge in [-0.1, -0.05) is 12.1 Å². The molecule has 112 valence electrons. The zero-order valence-electron chi connectivity index (χ0n) is 11.7. The van der Waals surface area contributed by atoms with E-state index >= 15 is 0 Å². The van der Waals surface area contributed by atoms with E-state index in [0.29, 0.717) is 17.5 Å². The maximum absolute atomic E-state index is 12.2. The van der Waals surface area contributed by atoms with Gasteiger partial charge in [0.15, 0.2) is 9.84 Å². The summed E-state index contributed by atoms with van der Waals surface area (Å²) in [5.74, 6) is -0.372. The summed E-state index contributed by atoms with van der Waals surface area (Å²) in [6.07, 6.45) is 0.544. The lowest BCUT2D eigenvalue weighted by atomic mass is 10.1. The number of hydrogen-bond acceptors (Lipinski definition) is 5. The van der Waals surface area contributed by atoms with Crippen LogP contribution in [0.3, 0.4) is 0 Å². The lowest BCUT2D eigenvalue weighted by Crippen LogP contribution is -2.44. The monoisotopic (exact) mass is 308 g/mol. The molecule has 6 nitrogen and oxygen atoms in total. The third-order valence-electron chi connectivity index (χ3n) is 4.07. The summed E-state index contributed by atoms with van der Waals surface area (Å²) in [4.78, 5) is 27.4. The Hall–Kier alpha value is -1.73. The van der Waals surface area contributed by atoms with Crippen LogP contribution < -0.4 is 0 Å². The zero-order valence-corrected chi connectivity index (χ0v) is 12.5. The van der Waals surface area contributed by atoms with Crippen molar-refractivity contribution in [2.75, 3.05) is 25.2 Å². The van der Waals surface area contributed by atoms with E-state index in [0.717, 1.165) is 0 Å². The fourth-order valence-electron chi connectivity index (χ4n) is 2.83. The van der Waals surface area contributed by atoms with Gasteiger partial charge in [-0.05, 0) is 25.6 Å². The highest BCUT2D eigenvalue weighted by atomic mass is 32.2. The Morgan fingerprint density at radius 1 is 1.19 bits per heavy atom. The van der Waals surface area contributed by atoms with E-state index in [2.05, 4.69) is 0 Å². The number of amides is 2. The van der Waals surface area contributed by atoms with E-state index in [1.807, 2.05) is 0 Å². The van der Waals surface area contributed by atoms with Crippen LogP contribution in [0.4, 0.5) is 0 Å². The largest absolute Gasteiger partial charge is 0.285 e. The molecule has 2 amide bonds. The molecule has 1 aromatic rings. The van der Waals surface area contributed by atoms with Gasteiger partial charge in [0.1, 0.15) is 0 Å². The van der Waals surface area contributed by atoms with Crippen LogP contribution in [0.25, 0.3) is 0 Å². The van der Waals surface area contributed by atoms with Crippen molar-refractivity contribution in [2.45, 2.75) is 12.5 Å². The quantitative estimate of drug-likeness (QED) is 0.754. The van der Waals surface area contributed by atoms with Gasteiger partial charge in [0.2, 0.25) is 0 Å². The molecule has 2 aliphatic heterocycles. The molecule has 1 aromatic carbocycles. The van der Waals surface area contributed by atoms with E-state index in [1.54, 1.807) is 36.2 Å².